The molecule has 0 saturated heterocycles. The van der Waals surface area contributed by atoms with E-state index in [0.717, 1.165) is 11.3 Å². The molecule has 0 aromatic heterocycles. The standard InChI is InChI=1S/C19H18BrNO3/c1-3-24-15-8-4-13(5-9-15)6-11-18(22)16-12-14(20)7-10-17(21-2)19(16)23/h4-12H,3H2,1-2H3,(H,21,23). The number of nitrogens with one attached hydrogen (secondary N) is 1. The van der Waals surface area contributed by atoms with E-state index >= 15 is 0 Å². The van der Waals surface area contributed by atoms with Crippen molar-refractivity contribution in [2.24, 2.45) is 0 Å². The van der Waals surface area contributed by atoms with Gasteiger partial charge in [-0.05, 0) is 48.9 Å². The molecule has 0 unspecified atom stereocenters. The van der Waals surface area contributed by atoms with Crippen LogP contribution in [0.3, 0.4) is 0 Å². The number of ether oxygens (including phenoxy) is 1. The van der Waals surface area contributed by atoms with Crippen molar-refractivity contribution in [2.45, 2.75) is 6.92 Å². The molecule has 1 N–H and O–H groups in total. The Morgan fingerprint density at radius 1 is 1.21 bits per heavy atom. The first kappa shape index (κ1) is 17.9. The molecule has 0 heterocycles. The molecule has 4 nitrogen and oxygen atoms in total. The fourth-order valence-corrected chi connectivity index (χ4v) is 2.48. The number of carbonyl (C=O) groups excluding carboxylic acids is 1. The zero-order chi connectivity index (χ0) is 17.5. The predicted molar refractivity (Wildman–Crippen MR) is 101 cm³/mol. The highest BCUT2D eigenvalue weighted by Crippen LogP contribution is 2.15. The van der Waals surface area contributed by atoms with E-state index in [2.05, 4.69) is 21.2 Å². The van der Waals surface area contributed by atoms with Crippen molar-refractivity contribution in [3.63, 3.8) is 0 Å². The van der Waals surface area contributed by atoms with Gasteiger partial charge in [0.25, 0.3) is 0 Å². The van der Waals surface area contributed by atoms with E-state index in [-0.39, 0.29) is 16.8 Å². The summed E-state index contributed by atoms with van der Waals surface area (Å²) in [5.74, 6) is 0.433. The Labute approximate surface area is 149 Å². The van der Waals surface area contributed by atoms with E-state index in [1.165, 1.54) is 12.1 Å². The summed E-state index contributed by atoms with van der Waals surface area (Å²) in [7, 11) is 1.65. The van der Waals surface area contributed by atoms with Crippen LogP contribution in [0.5, 0.6) is 5.75 Å². The lowest BCUT2D eigenvalue weighted by Crippen LogP contribution is -2.14. The second-order valence-corrected chi connectivity index (χ2v) is 5.88. The van der Waals surface area contributed by atoms with Crippen LogP contribution < -0.4 is 15.5 Å². The molecule has 24 heavy (non-hydrogen) atoms. The van der Waals surface area contributed by atoms with Gasteiger partial charge in [-0.15, -0.1) is 0 Å². The second kappa shape index (κ2) is 8.45. The SMILES string of the molecule is CCOc1ccc(C=CC(=O)c2cc(Br)ccc(NC)c2=O)cc1. The Morgan fingerprint density at radius 3 is 2.54 bits per heavy atom. The maximum atomic E-state index is 12.4. The maximum absolute atomic E-state index is 12.4. The van der Waals surface area contributed by atoms with Crippen LogP contribution in [0, 0.1) is 0 Å². The highest BCUT2D eigenvalue weighted by atomic mass is 79.9. The van der Waals surface area contributed by atoms with Crippen molar-refractivity contribution in [3.05, 3.63) is 74.4 Å². The first-order valence-electron chi connectivity index (χ1n) is 7.52. The van der Waals surface area contributed by atoms with Gasteiger partial charge in [0.05, 0.1) is 17.9 Å². The number of rotatable bonds is 6. The van der Waals surface area contributed by atoms with Crippen molar-refractivity contribution < 1.29 is 9.53 Å². The minimum atomic E-state index is -0.345. The average molecular weight is 388 g/mol. The Hall–Kier alpha value is -2.40. The van der Waals surface area contributed by atoms with Crippen molar-refractivity contribution in [2.75, 3.05) is 19.0 Å². The molecule has 5 heteroatoms. The molecule has 0 amide bonds. The van der Waals surface area contributed by atoms with Crippen LogP contribution in [0.25, 0.3) is 6.08 Å². The highest BCUT2D eigenvalue weighted by molar-refractivity contribution is 9.10. The van der Waals surface area contributed by atoms with Gasteiger partial charge in [-0.1, -0.05) is 34.1 Å². The molecular weight excluding hydrogens is 370 g/mol. The van der Waals surface area contributed by atoms with Gasteiger partial charge < -0.3 is 10.1 Å². The number of allylic oxidation sites excluding steroid dienone is 1. The van der Waals surface area contributed by atoms with Crippen molar-refractivity contribution in [1.29, 1.82) is 0 Å². The number of benzene rings is 1. The molecule has 2 aromatic rings. The summed E-state index contributed by atoms with van der Waals surface area (Å²) in [6, 6.07) is 12.3. The minimum absolute atomic E-state index is 0.110. The molecule has 0 bridgehead atoms. The predicted octanol–water partition coefficient (Wildman–Crippen LogP) is 4.15. The lowest BCUT2D eigenvalue weighted by Gasteiger charge is -2.02. The van der Waals surface area contributed by atoms with Gasteiger partial charge in [-0.3, -0.25) is 9.59 Å². The van der Waals surface area contributed by atoms with Gasteiger partial charge in [0.15, 0.2) is 5.78 Å². The normalized spacial score (nSPS) is 10.6. The van der Waals surface area contributed by atoms with Crippen molar-refractivity contribution in [1.82, 2.24) is 0 Å². The van der Waals surface area contributed by atoms with Crippen LogP contribution in [0.4, 0.5) is 5.69 Å². The van der Waals surface area contributed by atoms with E-state index in [9.17, 15) is 9.59 Å². The summed E-state index contributed by atoms with van der Waals surface area (Å²) in [4.78, 5) is 24.8. The zero-order valence-corrected chi connectivity index (χ0v) is 15.1. The van der Waals surface area contributed by atoms with Crippen LogP contribution in [0.2, 0.25) is 0 Å². The Morgan fingerprint density at radius 2 is 1.92 bits per heavy atom. The number of hydrogen-bond acceptors (Lipinski definition) is 4. The lowest BCUT2D eigenvalue weighted by molar-refractivity contribution is 0.104. The molecule has 0 atom stereocenters. The van der Waals surface area contributed by atoms with Crippen LogP contribution in [0.1, 0.15) is 22.8 Å². The van der Waals surface area contributed by atoms with Gasteiger partial charge >= 0.3 is 0 Å². The van der Waals surface area contributed by atoms with Gasteiger partial charge in [-0.25, -0.2) is 0 Å². The van der Waals surface area contributed by atoms with Crippen molar-refractivity contribution in [3.8, 4) is 5.75 Å². The van der Waals surface area contributed by atoms with E-state index < -0.39 is 0 Å². The Balaban J connectivity index is 2.28. The summed E-state index contributed by atoms with van der Waals surface area (Å²) in [6.45, 7) is 2.53. The van der Waals surface area contributed by atoms with Crippen LogP contribution in [-0.2, 0) is 0 Å². The molecule has 124 valence electrons. The monoisotopic (exact) mass is 387 g/mol. The molecule has 2 aromatic carbocycles. The highest BCUT2D eigenvalue weighted by Gasteiger charge is 2.10. The number of anilines is 1. The molecule has 0 spiro atoms. The number of carbonyl (C=O) groups is 1. The van der Waals surface area contributed by atoms with Crippen molar-refractivity contribution >= 4 is 33.5 Å². The fourth-order valence-electron chi connectivity index (χ4n) is 2.12. The molecule has 0 radical (unpaired) electrons. The summed E-state index contributed by atoms with van der Waals surface area (Å²) in [6.07, 6.45) is 3.08. The van der Waals surface area contributed by atoms with E-state index in [4.69, 9.17) is 4.74 Å². The third-order valence-corrected chi connectivity index (χ3v) is 3.83. The van der Waals surface area contributed by atoms with Gasteiger partial charge in [-0.2, -0.15) is 0 Å². The summed E-state index contributed by atoms with van der Waals surface area (Å²) < 4.78 is 6.04. The Kier molecular flexibility index (Phi) is 6.32. The summed E-state index contributed by atoms with van der Waals surface area (Å²) in [5.41, 5.74) is 1.01. The molecule has 0 aliphatic carbocycles. The van der Waals surface area contributed by atoms with E-state index in [1.54, 1.807) is 25.3 Å². The van der Waals surface area contributed by atoms with Gasteiger partial charge in [0.2, 0.25) is 5.43 Å². The second-order valence-electron chi connectivity index (χ2n) is 4.97. The minimum Gasteiger partial charge on any atom is -0.494 e. The summed E-state index contributed by atoms with van der Waals surface area (Å²) >= 11 is 3.32. The fraction of sp³-hybridized carbons (Fsp3) is 0.158. The Bertz CT molecular complexity index is 814. The van der Waals surface area contributed by atoms with Crippen LogP contribution in [-0.4, -0.2) is 19.4 Å². The first-order valence-corrected chi connectivity index (χ1v) is 8.31. The molecule has 0 aliphatic rings. The third kappa shape index (κ3) is 4.55. The molecule has 0 saturated carbocycles. The quantitative estimate of drug-likeness (QED) is 0.597. The lowest BCUT2D eigenvalue weighted by atomic mass is 10.1. The van der Waals surface area contributed by atoms with Crippen LogP contribution >= 0.6 is 15.9 Å². The smallest absolute Gasteiger partial charge is 0.212 e. The number of hydrogen-bond donors (Lipinski definition) is 1. The molecular formula is C19H18BrNO3. The molecule has 0 fully saturated rings. The number of ketones is 1. The zero-order valence-electron chi connectivity index (χ0n) is 13.5. The third-order valence-electron chi connectivity index (χ3n) is 3.33. The summed E-state index contributed by atoms with van der Waals surface area (Å²) in [5, 5.41) is 2.81. The first-order chi connectivity index (χ1) is 11.5. The largest absolute Gasteiger partial charge is 0.494 e. The number of halogens is 1. The maximum Gasteiger partial charge on any atom is 0.212 e. The van der Waals surface area contributed by atoms with E-state index in [1.807, 2.05) is 31.2 Å². The molecule has 0 aliphatic heterocycles. The van der Waals surface area contributed by atoms with Gasteiger partial charge in [0, 0.05) is 11.5 Å². The molecule has 2 rings (SSSR count). The van der Waals surface area contributed by atoms with Crippen LogP contribution in [0.15, 0.2) is 57.8 Å². The topological polar surface area (TPSA) is 55.4 Å². The average Bonchev–Trinajstić information content (AvgIpc) is 2.73. The van der Waals surface area contributed by atoms with E-state index in [0.29, 0.717) is 16.8 Å². The van der Waals surface area contributed by atoms with Gasteiger partial charge in [0.1, 0.15) is 5.75 Å².